The highest BCUT2D eigenvalue weighted by atomic mass is 16.5. The number of fused-ring (bicyclic) bond motifs is 1. The molecular formula is C70H96O4. The van der Waals surface area contributed by atoms with Crippen molar-refractivity contribution in [1.29, 1.82) is 0 Å². The van der Waals surface area contributed by atoms with Gasteiger partial charge in [-0.05, 0) is 205 Å². The summed E-state index contributed by atoms with van der Waals surface area (Å²) in [5.74, 6) is 4.05. The highest BCUT2D eigenvalue weighted by molar-refractivity contribution is 5.86. The number of unbranched alkanes of at least 4 members (excludes halogenated alkanes) is 3. The van der Waals surface area contributed by atoms with Gasteiger partial charge in [0.25, 0.3) is 0 Å². The Morgan fingerprint density at radius 2 is 1.32 bits per heavy atom. The fraction of sp³-hybridized carbons (Fsp3) is 0.514. The van der Waals surface area contributed by atoms with E-state index in [1.165, 1.54) is 168 Å². The van der Waals surface area contributed by atoms with E-state index in [1.54, 1.807) is 12.7 Å². The fourth-order valence-electron chi connectivity index (χ4n) is 12.1. The van der Waals surface area contributed by atoms with Gasteiger partial charge in [-0.1, -0.05) is 151 Å². The van der Waals surface area contributed by atoms with Crippen LogP contribution in [-0.2, 0) is 0 Å². The molecule has 3 aliphatic carbocycles. The summed E-state index contributed by atoms with van der Waals surface area (Å²) in [7, 11) is 1.70. The summed E-state index contributed by atoms with van der Waals surface area (Å²) in [5, 5.41) is 23.4. The molecule has 400 valence electrons. The number of rotatable bonds is 20. The van der Waals surface area contributed by atoms with Crippen LogP contribution in [0.25, 0.3) is 33.4 Å². The van der Waals surface area contributed by atoms with Gasteiger partial charge in [-0.3, -0.25) is 0 Å². The van der Waals surface area contributed by atoms with Crippen molar-refractivity contribution in [3.05, 3.63) is 143 Å². The topological polar surface area (TPSA) is 58.9 Å². The molecule has 0 aromatic heterocycles. The van der Waals surface area contributed by atoms with Gasteiger partial charge in [0.2, 0.25) is 0 Å². The Bertz CT molecular complexity index is 2510. The molecular weight excluding hydrogens is 905 g/mol. The van der Waals surface area contributed by atoms with Crippen molar-refractivity contribution in [3.8, 4) is 45.3 Å². The molecule has 0 aliphatic heterocycles. The Morgan fingerprint density at radius 1 is 0.689 bits per heavy atom. The van der Waals surface area contributed by atoms with Crippen molar-refractivity contribution in [3.63, 3.8) is 0 Å². The monoisotopic (exact) mass is 1000 g/mol. The molecule has 3 aliphatic rings. The normalized spacial score (nSPS) is 19.4. The second-order valence-electron chi connectivity index (χ2n) is 22.3. The maximum atomic E-state index is 11.8. The van der Waals surface area contributed by atoms with Crippen LogP contribution in [0.4, 0.5) is 0 Å². The molecule has 0 spiro atoms. The zero-order valence-corrected chi connectivity index (χ0v) is 47.3. The number of hydrogen-bond acceptors (Lipinski definition) is 4. The number of aromatic hydroxyl groups is 2. The average molecular weight is 1000 g/mol. The highest BCUT2D eigenvalue weighted by Crippen LogP contribution is 2.47. The van der Waals surface area contributed by atoms with Crippen LogP contribution in [0.15, 0.2) is 120 Å². The van der Waals surface area contributed by atoms with Crippen molar-refractivity contribution in [1.82, 2.24) is 0 Å². The second-order valence-corrected chi connectivity index (χ2v) is 22.3. The lowest BCUT2D eigenvalue weighted by molar-refractivity contribution is 0.209. The maximum Gasteiger partial charge on any atom is 0.131 e. The van der Waals surface area contributed by atoms with Crippen LogP contribution in [0.5, 0.6) is 23.0 Å². The summed E-state index contributed by atoms with van der Waals surface area (Å²) < 4.78 is 12.1. The Morgan fingerprint density at radius 3 is 2.05 bits per heavy atom. The maximum absolute atomic E-state index is 11.8. The lowest BCUT2D eigenvalue weighted by Gasteiger charge is -2.25. The minimum atomic E-state index is 0.383. The summed E-state index contributed by atoms with van der Waals surface area (Å²) in [6.45, 7) is 18.2. The highest BCUT2D eigenvalue weighted by Gasteiger charge is 2.26. The van der Waals surface area contributed by atoms with Gasteiger partial charge in [-0.2, -0.15) is 0 Å². The molecule has 4 nitrogen and oxygen atoms in total. The molecule has 2 unspecified atom stereocenters. The van der Waals surface area contributed by atoms with Crippen molar-refractivity contribution >= 4 is 11.1 Å². The van der Waals surface area contributed by atoms with Crippen LogP contribution in [0.3, 0.4) is 0 Å². The Hall–Kier alpha value is -5.22. The van der Waals surface area contributed by atoms with Gasteiger partial charge in [0.1, 0.15) is 23.0 Å². The van der Waals surface area contributed by atoms with Crippen LogP contribution < -0.4 is 9.47 Å². The molecule has 0 heterocycles. The van der Waals surface area contributed by atoms with Gasteiger partial charge in [-0.15, -0.1) is 6.58 Å². The number of phenolic OH excluding ortho intramolecular Hbond substituents is 2. The number of allylic oxidation sites excluding steroid dienone is 9. The van der Waals surface area contributed by atoms with Gasteiger partial charge >= 0.3 is 0 Å². The first-order chi connectivity index (χ1) is 36.1. The summed E-state index contributed by atoms with van der Waals surface area (Å²) >= 11 is 0. The van der Waals surface area contributed by atoms with Crippen molar-refractivity contribution in [2.24, 2.45) is 17.8 Å². The number of ether oxygens (including phenoxy) is 2. The molecule has 0 bridgehead atoms. The van der Waals surface area contributed by atoms with Gasteiger partial charge in [-0.25, -0.2) is 0 Å². The zero-order chi connectivity index (χ0) is 52.7. The summed E-state index contributed by atoms with van der Waals surface area (Å²) in [6, 6.07) is 24.8. The van der Waals surface area contributed by atoms with Gasteiger partial charge < -0.3 is 19.7 Å². The standard InChI is InChI=1S/C39H56O2.C31H40O2/c1-6-18-32(8-3)26-30(4)20-12-9-10-15-23-34(19-7-2)36-27-31(5)28-37(39(36)40)35-24-16-17-25-38(35)41-29-33-21-13-11-14-22-33;1-22-20-27(26-18-12-13-19-29(26)33-3)31(32)28(21-22)30-23(2)14-8-5-4-6-9-15-24-16-10-7-11-17-25(24)30/h8,16-17,23-28,32-33,40H,3,6-7,9-15,18-22,29H2,1-2,4-5H3;12-13,15,18-21,23,32H,4-11,14,16-17H2,1-3H3/b30-26+,34-23-;24-15-,30-25+. The van der Waals surface area contributed by atoms with E-state index in [-0.39, 0.29) is 0 Å². The van der Waals surface area contributed by atoms with Crippen LogP contribution in [0, 0.1) is 31.6 Å². The molecule has 0 saturated heterocycles. The third kappa shape index (κ3) is 16.9. The average Bonchev–Trinajstić information content (AvgIpc) is 3.66. The van der Waals surface area contributed by atoms with E-state index in [4.69, 9.17) is 9.47 Å². The third-order valence-corrected chi connectivity index (χ3v) is 16.1. The first kappa shape index (κ1) is 58.0. The fourth-order valence-corrected chi connectivity index (χ4v) is 12.1. The molecule has 2 fully saturated rings. The number of benzene rings is 4. The number of hydrogen-bond donors (Lipinski definition) is 2. The Kier molecular flexibility index (Phi) is 24.3. The Balaban J connectivity index is 0.000000246. The first-order valence-electron chi connectivity index (χ1n) is 29.5. The quantitative estimate of drug-likeness (QED) is 0.0684. The van der Waals surface area contributed by atoms with Crippen LogP contribution in [-0.4, -0.2) is 23.9 Å². The predicted octanol–water partition coefficient (Wildman–Crippen LogP) is 21.0. The van der Waals surface area contributed by atoms with E-state index in [0.717, 1.165) is 77.2 Å². The van der Waals surface area contributed by atoms with Crippen LogP contribution >= 0.6 is 0 Å². The Labute approximate surface area is 450 Å². The second kappa shape index (κ2) is 31.0. The predicted molar refractivity (Wildman–Crippen MR) is 318 cm³/mol. The third-order valence-electron chi connectivity index (χ3n) is 16.1. The number of phenols is 2. The lowest BCUT2D eigenvalue weighted by Crippen LogP contribution is -2.15. The number of para-hydroxylation sites is 2. The van der Waals surface area contributed by atoms with Crippen molar-refractivity contribution in [2.75, 3.05) is 13.7 Å². The molecule has 74 heavy (non-hydrogen) atoms. The van der Waals surface area contributed by atoms with Crippen LogP contribution in [0.1, 0.15) is 210 Å². The zero-order valence-electron chi connectivity index (χ0n) is 47.3. The lowest BCUT2D eigenvalue weighted by atomic mass is 9.80. The van der Waals surface area contributed by atoms with Crippen molar-refractivity contribution < 1.29 is 19.7 Å². The summed E-state index contributed by atoms with van der Waals surface area (Å²) in [6.07, 6.45) is 39.9. The SMILES string of the molecule is C=CC(/C=C(\C)CCCCC/C=C(/CCC)c1cc(C)cc(-c2ccccc2OCC2CCCCC2)c1O)CCC.COc1ccccc1-c1cc(C)cc(/C2=C3\CCCCC\C3=C\CCCCCCC2C)c1O. The molecule has 4 aromatic rings. The van der Waals surface area contributed by atoms with Crippen LogP contribution in [0.2, 0.25) is 0 Å². The smallest absolute Gasteiger partial charge is 0.131 e. The first-order valence-corrected chi connectivity index (χ1v) is 29.5. The van der Waals surface area contributed by atoms with Gasteiger partial charge in [0.15, 0.2) is 0 Å². The molecule has 2 saturated carbocycles. The van der Waals surface area contributed by atoms with E-state index in [1.807, 2.05) is 36.4 Å². The molecule has 4 heteroatoms. The van der Waals surface area contributed by atoms with E-state index < -0.39 is 0 Å². The van der Waals surface area contributed by atoms with Gasteiger partial charge in [0.05, 0.1) is 13.7 Å². The molecule has 0 radical (unpaired) electrons. The number of methoxy groups -OCH3 is 1. The van der Waals surface area contributed by atoms with E-state index in [9.17, 15) is 10.2 Å². The summed E-state index contributed by atoms with van der Waals surface area (Å²) in [4.78, 5) is 0. The summed E-state index contributed by atoms with van der Waals surface area (Å²) in [5.41, 5.74) is 15.3. The van der Waals surface area contributed by atoms with Gasteiger partial charge in [0, 0.05) is 33.4 Å². The minimum absolute atomic E-state index is 0.383. The molecule has 2 atom stereocenters. The largest absolute Gasteiger partial charge is 0.507 e. The number of aryl methyl sites for hydroxylation is 2. The van der Waals surface area contributed by atoms with E-state index in [0.29, 0.717) is 29.3 Å². The molecule has 7 rings (SSSR count). The van der Waals surface area contributed by atoms with E-state index >= 15 is 0 Å². The van der Waals surface area contributed by atoms with E-state index in [2.05, 4.69) is 109 Å². The van der Waals surface area contributed by atoms with Crippen molar-refractivity contribution in [2.45, 2.75) is 202 Å². The molecule has 2 N–H and O–H groups in total. The molecule has 0 amide bonds. The molecule has 4 aromatic carbocycles. The minimum Gasteiger partial charge on any atom is -0.507 e.